The van der Waals surface area contributed by atoms with Gasteiger partial charge in [0.2, 0.25) is 5.96 Å². The zero-order valence-electron chi connectivity index (χ0n) is 12.5. The molecule has 0 amide bonds. The molecule has 0 fully saturated rings. The van der Waals surface area contributed by atoms with Crippen molar-refractivity contribution in [1.82, 2.24) is 5.12 Å². The van der Waals surface area contributed by atoms with Crippen molar-refractivity contribution in [2.24, 2.45) is 16.6 Å². The molecule has 5 heteroatoms. The average molecular weight is 295 g/mol. The van der Waals surface area contributed by atoms with Crippen LogP contribution in [0, 0.1) is 0 Å². The Bertz CT molecular complexity index is 626. The lowest BCUT2D eigenvalue weighted by atomic mass is 10.1. The first-order valence-electron chi connectivity index (χ1n) is 7.52. The van der Waals surface area contributed by atoms with Crippen LogP contribution in [0.3, 0.4) is 0 Å². The first-order chi connectivity index (χ1) is 10.8. The van der Waals surface area contributed by atoms with Crippen LogP contribution in [0.15, 0.2) is 65.7 Å². The monoisotopic (exact) mass is 295 g/mol. The minimum atomic E-state index is -0.107. The van der Waals surface area contributed by atoms with Crippen LogP contribution in [0.2, 0.25) is 0 Å². The third-order valence-corrected chi connectivity index (χ3v) is 3.81. The van der Waals surface area contributed by atoms with E-state index in [1.54, 1.807) is 10.1 Å². The van der Waals surface area contributed by atoms with Gasteiger partial charge in [-0.15, -0.1) is 5.12 Å². The van der Waals surface area contributed by atoms with E-state index in [-0.39, 0.29) is 6.17 Å². The van der Waals surface area contributed by atoms with Crippen molar-refractivity contribution < 1.29 is 0 Å². The molecular weight excluding hydrogens is 274 g/mol. The summed E-state index contributed by atoms with van der Waals surface area (Å²) < 4.78 is 0. The topological polar surface area (TPSA) is 70.9 Å². The number of guanidine groups is 1. The molecule has 0 aliphatic carbocycles. The van der Waals surface area contributed by atoms with Gasteiger partial charge < -0.3 is 5.73 Å². The Labute approximate surface area is 130 Å². The fourth-order valence-electron chi connectivity index (χ4n) is 2.68. The summed E-state index contributed by atoms with van der Waals surface area (Å²) in [6.45, 7) is 0. The molecule has 1 aliphatic heterocycles. The van der Waals surface area contributed by atoms with E-state index in [2.05, 4.69) is 29.3 Å². The van der Waals surface area contributed by atoms with Crippen LogP contribution >= 0.6 is 0 Å². The Kier molecular flexibility index (Phi) is 4.37. The lowest BCUT2D eigenvalue weighted by molar-refractivity contribution is 0.223. The van der Waals surface area contributed by atoms with Crippen LogP contribution in [0.1, 0.15) is 18.4 Å². The van der Waals surface area contributed by atoms with Gasteiger partial charge in [-0.05, 0) is 37.0 Å². The molecule has 3 rings (SSSR count). The Morgan fingerprint density at radius 1 is 0.955 bits per heavy atom. The minimum Gasteiger partial charge on any atom is -0.368 e. The number of aliphatic imine (C=N–C) groups is 1. The molecule has 2 aromatic carbocycles. The Hall–Kier alpha value is -2.37. The van der Waals surface area contributed by atoms with Gasteiger partial charge >= 0.3 is 0 Å². The molecule has 1 unspecified atom stereocenters. The average Bonchev–Trinajstić information content (AvgIpc) is 2.83. The first-order valence-corrected chi connectivity index (χ1v) is 7.52. The maximum Gasteiger partial charge on any atom is 0.213 e. The lowest BCUT2D eigenvalue weighted by Crippen LogP contribution is -2.51. The highest BCUT2D eigenvalue weighted by Gasteiger charge is 2.30. The van der Waals surface area contributed by atoms with Crippen LogP contribution in [0.5, 0.6) is 0 Å². The summed E-state index contributed by atoms with van der Waals surface area (Å²) in [5.74, 6) is 6.63. The minimum absolute atomic E-state index is 0.107. The summed E-state index contributed by atoms with van der Waals surface area (Å²) in [7, 11) is 0. The second kappa shape index (κ2) is 6.60. The van der Waals surface area contributed by atoms with Crippen LogP contribution in [-0.4, -0.2) is 17.2 Å². The van der Waals surface area contributed by atoms with E-state index in [1.807, 2.05) is 36.4 Å². The van der Waals surface area contributed by atoms with Crippen molar-refractivity contribution in [3.63, 3.8) is 0 Å². The van der Waals surface area contributed by atoms with Crippen molar-refractivity contribution >= 4 is 11.6 Å². The lowest BCUT2D eigenvalue weighted by Gasteiger charge is -2.28. The van der Waals surface area contributed by atoms with E-state index in [9.17, 15) is 0 Å². The van der Waals surface area contributed by atoms with Gasteiger partial charge in [0.25, 0.3) is 0 Å². The van der Waals surface area contributed by atoms with Crippen molar-refractivity contribution in [2.45, 2.75) is 25.4 Å². The van der Waals surface area contributed by atoms with E-state index < -0.39 is 0 Å². The summed E-state index contributed by atoms with van der Waals surface area (Å²) in [5, 5.41) is 3.38. The molecule has 22 heavy (non-hydrogen) atoms. The van der Waals surface area contributed by atoms with Gasteiger partial charge in [-0.3, -0.25) is 0 Å². The fourth-order valence-corrected chi connectivity index (χ4v) is 2.68. The van der Waals surface area contributed by atoms with Gasteiger partial charge in [-0.1, -0.05) is 48.5 Å². The normalized spacial score (nSPS) is 18.5. The van der Waals surface area contributed by atoms with E-state index >= 15 is 0 Å². The standard InChI is InChI=1S/C17H21N5/c18-17-20-16(13-7-10-14-8-3-1-4-9-14)22(19)21(17)15-11-5-2-6-12-15/h1-6,8-9,11-12,16H,7,10,13,19H2,(H2,18,20). The maximum absolute atomic E-state index is 6.19. The number of hydrogen-bond acceptors (Lipinski definition) is 5. The fraction of sp³-hybridized carbons (Fsp3) is 0.235. The summed E-state index contributed by atoms with van der Waals surface area (Å²) in [6, 6.07) is 20.3. The second-order valence-corrected chi connectivity index (χ2v) is 5.37. The predicted octanol–water partition coefficient (Wildman–Crippen LogP) is 2.26. The van der Waals surface area contributed by atoms with E-state index in [1.165, 1.54) is 5.56 Å². The zero-order chi connectivity index (χ0) is 15.4. The molecule has 0 aromatic heterocycles. The van der Waals surface area contributed by atoms with Gasteiger partial charge in [0.05, 0.1) is 5.69 Å². The first kappa shape index (κ1) is 14.6. The molecule has 114 valence electrons. The zero-order valence-corrected chi connectivity index (χ0v) is 12.5. The molecule has 1 aliphatic rings. The SMILES string of the molecule is NC1=NC(CCCc2ccccc2)N(N)N1c1ccccc1. The summed E-state index contributed by atoms with van der Waals surface area (Å²) in [5.41, 5.74) is 8.29. The number of hydrazine groups is 2. The number of nitrogens with two attached hydrogens (primary N) is 2. The van der Waals surface area contributed by atoms with Gasteiger partial charge in [-0.25, -0.2) is 15.8 Å². The van der Waals surface area contributed by atoms with Crippen molar-refractivity contribution in [3.8, 4) is 0 Å². The summed E-state index contributed by atoms with van der Waals surface area (Å²) in [6.07, 6.45) is 2.80. The van der Waals surface area contributed by atoms with Crippen LogP contribution in [0.4, 0.5) is 5.69 Å². The van der Waals surface area contributed by atoms with Crippen LogP contribution in [-0.2, 0) is 6.42 Å². The highest BCUT2D eigenvalue weighted by molar-refractivity contribution is 5.95. The molecule has 0 radical (unpaired) electrons. The van der Waals surface area contributed by atoms with Gasteiger partial charge in [0.1, 0.15) is 6.17 Å². The maximum atomic E-state index is 6.19. The Balaban J connectivity index is 1.60. The van der Waals surface area contributed by atoms with E-state index in [0.717, 1.165) is 24.9 Å². The number of hydrogen-bond donors (Lipinski definition) is 2. The number of para-hydroxylation sites is 1. The third-order valence-electron chi connectivity index (χ3n) is 3.81. The summed E-state index contributed by atoms with van der Waals surface area (Å²) in [4.78, 5) is 4.48. The molecule has 0 bridgehead atoms. The van der Waals surface area contributed by atoms with Crippen LogP contribution < -0.4 is 16.6 Å². The van der Waals surface area contributed by atoms with Crippen molar-refractivity contribution in [1.29, 1.82) is 0 Å². The highest BCUT2D eigenvalue weighted by atomic mass is 15.8. The molecule has 2 aromatic rings. The van der Waals surface area contributed by atoms with Crippen molar-refractivity contribution in [3.05, 3.63) is 66.2 Å². The quantitative estimate of drug-likeness (QED) is 0.830. The molecule has 4 N–H and O–H groups in total. The van der Waals surface area contributed by atoms with Gasteiger partial charge in [0.15, 0.2) is 0 Å². The number of aryl methyl sites for hydroxylation is 1. The van der Waals surface area contributed by atoms with Gasteiger partial charge in [0, 0.05) is 0 Å². The number of anilines is 1. The van der Waals surface area contributed by atoms with Crippen LogP contribution in [0.25, 0.3) is 0 Å². The third kappa shape index (κ3) is 3.10. The molecule has 5 nitrogen and oxygen atoms in total. The van der Waals surface area contributed by atoms with E-state index in [0.29, 0.717) is 5.96 Å². The Morgan fingerprint density at radius 3 is 2.27 bits per heavy atom. The van der Waals surface area contributed by atoms with Gasteiger partial charge in [-0.2, -0.15) is 0 Å². The largest absolute Gasteiger partial charge is 0.368 e. The summed E-state index contributed by atoms with van der Waals surface area (Å²) >= 11 is 0. The number of benzene rings is 2. The Morgan fingerprint density at radius 2 is 1.59 bits per heavy atom. The molecule has 0 saturated carbocycles. The molecular formula is C17H21N5. The smallest absolute Gasteiger partial charge is 0.213 e. The predicted molar refractivity (Wildman–Crippen MR) is 89.7 cm³/mol. The molecule has 1 heterocycles. The number of nitrogens with zero attached hydrogens (tertiary/aromatic N) is 3. The molecule has 0 spiro atoms. The number of rotatable bonds is 5. The van der Waals surface area contributed by atoms with E-state index in [4.69, 9.17) is 11.6 Å². The molecule has 1 atom stereocenters. The molecule has 0 saturated heterocycles. The highest BCUT2D eigenvalue weighted by Crippen LogP contribution is 2.23. The van der Waals surface area contributed by atoms with Crippen molar-refractivity contribution in [2.75, 3.05) is 5.01 Å². The second-order valence-electron chi connectivity index (χ2n) is 5.37.